The molecule has 0 bridgehead atoms. The Kier molecular flexibility index (Phi) is 4.42. The number of aliphatic hydroxyl groups is 1. The second-order valence-corrected chi connectivity index (χ2v) is 7.27. The van der Waals surface area contributed by atoms with Crippen molar-refractivity contribution < 1.29 is 13.9 Å². The van der Waals surface area contributed by atoms with Crippen molar-refractivity contribution >= 4 is 16.7 Å². The van der Waals surface area contributed by atoms with Crippen LogP contribution in [0.5, 0.6) is 0 Å². The Morgan fingerprint density at radius 3 is 2.54 bits per heavy atom. The number of anilines is 1. The van der Waals surface area contributed by atoms with Gasteiger partial charge in [0, 0.05) is 41.7 Å². The first-order valence-corrected chi connectivity index (χ1v) is 9.08. The van der Waals surface area contributed by atoms with E-state index >= 15 is 0 Å². The average Bonchev–Trinajstić information content (AvgIpc) is 3.30. The smallest absolute Gasteiger partial charge is 0.205 e. The summed E-state index contributed by atoms with van der Waals surface area (Å²) >= 11 is 1.20. The van der Waals surface area contributed by atoms with Crippen molar-refractivity contribution in [2.24, 2.45) is 0 Å². The molecule has 1 aromatic heterocycles. The third kappa shape index (κ3) is 3.08. The van der Waals surface area contributed by atoms with E-state index in [9.17, 15) is 13.9 Å². The molecule has 1 aliphatic heterocycles. The summed E-state index contributed by atoms with van der Waals surface area (Å²) in [6.07, 6.45) is 0.803. The fourth-order valence-electron chi connectivity index (χ4n) is 3.43. The molecule has 1 fully saturated rings. The van der Waals surface area contributed by atoms with Gasteiger partial charge in [-0.3, -0.25) is 0 Å². The van der Waals surface area contributed by atoms with Crippen molar-refractivity contribution in [2.45, 2.75) is 11.8 Å². The van der Waals surface area contributed by atoms with Gasteiger partial charge in [-0.1, -0.05) is 30.3 Å². The minimum atomic E-state index is -0.652. The second kappa shape index (κ2) is 6.74. The highest BCUT2D eigenvalue weighted by molar-refractivity contribution is 7.09. The lowest BCUT2D eigenvalue weighted by Gasteiger charge is -2.27. The van der Waals surface area contributed by atoms with E-state index in [4.69, 9.17) is 0 Å². The molecule has 0 spiro atoms. The monoisotopic (exact) mass is 373 g/mol. The summed E-state index contributed by atoms with van der Waals surface area (Å²) in [6.45, 7) is 1.41. The molecular formula is C19H17F2N3OS. The first-order valence-electron chi connectivity index (χ1n) is 8.31. The van der Waals surface area contributed by atoms with Gasteiger partial charge in [0.05, 0.1) is 6.61 Å². The molecule has 4 nitrogen and oxygen atoms in total. The molecule has 3 aromatic rings. The van der Waals surface area contributed by atoms with E-state index in [2.05, 4.69) is 14.3 Å². The van der Waals surface area contributed by atoms with Gasteiger partial charge < -0.3 is 10.0 Å². The van der Waals surface area contributed by atoms with Crippen LogP contribution in [-0.4, -0.2) is 34.2 Å². The maximum absolute atomic E-state index is 13.4. The van der Waals surface area contributed by atoms with E-state index < -0.39 is 11.6 Å². The molecule has 7 heteroatoms. The number of rotatable bonds is 4. The number of benzene rings is 2. The molecule has 1 N–H and O–H groups in total. The molecule has 4 rings (SSSR count). The molecule has 134 valence electrons. The van der Waals surface area contributed by atoms with Gasteiger partial charge in [0.2, 0.25) is 5.13 Å². The molecule has 2 heterocycles. The van der Waals surface area contributed by atoms with Crippen LogP contribution in [0.3, 0.4) is 0 Å². The van der Waals surface area contributed by atoms with E-state index in [0.29, 0.717) is 23.1 Å². The third-order valence-corrected chi connectivity index (χ3v) is 5.63. The molecular weight excluding hydrogens is 356 g/mol. The summed E-state index contributed by atoms with van der Waals surface area (Å²) in [4.78, 5) is 6.53. The van der Waals surface area contributed by atoms with Gasteiger partial charge in [0.25, 0.3) is 0 Å². The van der Waals surface area contributed by atoms with Gasteiger partial charge in [-0.15, -0.1) is 0 Å². The van der Waals surface area contributed by atoms with Crippen LogP contribution in [0, 0.1) is 11.6 Å². The van der Waals surface area contributed by atoms with Gasteiger partial charge in [-0.25, -0.2) is 8.78 Å². The molecule has 1 unspecified atom stereocenters. The number of nitrogens with zero attached hydrogens (tertiary/aromatic N) is 3. The first kappa shape index (κ1) is 17.1. The molecule has 0 saturated carbocycles. The van der Waals surface area contributed by atoms with E-state index in [1.165, 1.54) is 23.7 Å². The Balaban J connectivity index is 1.59. The quantitative estimate of drug-likeness (QED) is 0.759. The maximum Gasteiger partial charge on any atom is 0.205 e. The Hall–Kier alpha value is -2.38. The standard InChI is InChI=1S/C19H17F2N3OS/c20-15-8-13(9-16(21)10-15)17-22-18(26-23-17)24-7-6-19(11-24,12-25)14-4-2-1-3-5-14/h1-5,8-10,25H,6-7,11-12H2. The third-order valence-electron chi connectivity index (χ3n) is 4.85. The molecule has 0 radical (unpaired) electrons. The highest BCUT2D eigenvalue weighted by Crippen LogP contribution is 2.37. The van der Waals surface area contributed by atoms with E-state index in [1.807, 2.05) is 30.3 Å². The van der Waals surface area contributed by atoms with Crippen LogP contribution in [0.15, 0.2) is 48.5 Å². The Morgan fingerprint density at radius 2 is 1.85 bits per heavy atom. The number of hydrogen-bond acceptors (Lipinski definition) is 5. The minimum absolute atomic E-state index is 0.0499. The first-order chi connectivity index (χ1) is 12.6. The van der Waals surface area contributed by atoms with Gasteiger partial charge in [-0.05, 0) is 24.1 Å². The second-order valence-electron chi connectivity index (χ2n) is 6.53. The van der Waals surface area contributed by atoms with Crippen molar-refractivity contribution in [2.75, 3.05) is 24.6 Å². The zero-order valence-electron chi connectivity index (χ0n) is 13.9. The van der Waals surface area contributed by atoms with Gasteiger partial charge in [0.1, 0.15) is 11.6 Å². The largest absolute Gasteiger partial charge is 0.395 e. The van der Waals surface area contributed by atoms with Crippen molar-refractivity contribution in [3.8, 4) is 11.4 Å². The predicted molar refractivity (Wildman–Crippen MR) is 97.3 cm³/mol. The van der Waals surface area contributed by atoms with Crippen LogP contribution in [0.25, 0.3) is 11.4 Å². The molecule has 0 aliphatic carbocycles. The minimum Gasteiger partial charge on any atom is -0.395 e. The Labute approximate surface area is 153 Å². The summed E-state index contributed by atoms with van der Waals surface area (Å²) in [5.41, 5.74) is 1.08. The summed E-state index contributed by atoms with van der Waals surface area (Å²) in [6, 6.07) is 13.2. The van der Waals surface area contributed by atoms with Gasteiger partial charge >= 0.3 is 0 Å². The lowest BCUT2D eigenvalue weighted by Crippen LogP contribution is -2.34. The van der Waals surface area contributed by atoms with Crippen LogP contribution in [0.1, 0.15) is 12.0 Å². The molecule has 0 amide bonds. The average molecular weight is 373 g/mol. The normalized spacial score (nSPS) is 19.9. The highest BCUT2D eigenvalue weighted by Gasteiger charge is 2.40. The summed E-state index contributed by atoms with van der Waals surface area (Å²) < 4.78 is 31.1. The number of halogens is 2. The number of aliphatic hydroxyl groups excluding tert-OH is 1. The molecule has 1 saturated heterocycles. The molecule has 2 aromatic carbocycles. The SMILES string of the molecule is OCC1(c2ccccc2)CCN(c2nc(-c3cc(F)cc(F)c3)ns2)C1. The zero-order chi connectivity index (χ0) is 18.1. The van der Waals surface area contributed by atoms with E-state index in [1.54, 1.807) is 0 Å². The topological polar surface area (TPSA) is 49.2 Å². The fraction of sp³-hybridized carbons (Fsp3) is 0.263. The Morgan fingerprint density at radius 1 is 1.12 bits per heavy atom. The van der Waals surface area contributed by atoms with Crippen molar-refractivity contribution in [3.63, 3.8) is 0 Å². The van der Waals surface area contributed by atoms with Gasteiger partial charge in [-0.2, -0.15) is 9.36 Å². The van der Waals surface area contributed by atoms with Crippen molar-refractivity contribution in [3.05, 3.63) is 65.7 Å². The number of aromatic nitrogens is 2. The fourth-order valence-corrected chi connectivity index (χ4v) is 4.14. The van der Waals surface area contributed by atoms with Crippen LogP contribution in [0.4, 0.5) is 13.9 Å². The Bertz CT molecular complexity index is 898. The van der Waals surface area contributed by atoms with Crippen molar-refractivity contribution in [1.82, 2.24) is 9.36 Å². The zero-order valence-corrected chi connectivity index (χ0v) is 14.7. The molecule has 26 heavy (non-hydrogen) atoms. The number of hydrogen-bond donors (Lipinski definition) is 1. The lowest BCUT2D eigenvalue weighted by atomic mass is 9.80. The van der Waals surface area contributed by atoms with Crippen LogP contribution in [-0.2, 0) is 5.41 Å². The predicted octanol–water partition coefficient (Wildman–Crippen LogP) is 3.62. The van der Waals surface area contributed by atoms with Crippen LogP contribution < -0.4 is 4.90 Å². The molecule has 1 atom stereocenters. The van der Waals surface area contributed by atoms with E-state index in [0.717, 1.165) is 24.6 Å². The summed E-state index contributed by atoms with van der Waals surface area (Å²) in [5, 5.41) is 10.7. The summed E-state index contributed by atoms with van der Waals surface area (Å²) in [5.74, 6) is -0.994. The molecule has 1 aliphatic rings. The van der Waals surface area contributed by atoms with Crippen molar-refractivity contribution in [1.29, 1.82) is 0 Å². The van der Waals surface area contributed by atoms with Crippen LogP contribution in [0.2, 0.25) is 0 Å². The maximum atomic E-state index is 13.4. The van der Waals surface area contributed by atoms with Crippen LogP contribution >= 0.6 is 11.5 Å². The summed E-state index contributed by atoms with van der Waals surface area (Å²) in [7, 11) is 0. The van der Waals surface area contributed by atoms with Gasteiger partial charge in [0.15, 0.2) is 5.82 Å². The highest BCUT2D eigenvalue weighted by atomic mass is 32.1. The van der Waals surface area contributed by atoms with E-state index in [-0.39, 0.29) is 12.0 Å². The lowest BCUT2D eigenvalue weighted by molar-refractivity contribution is 0.207.